The second-order valence-electron chi connectivity index (χ2n) is 3.56. The summed E-state index contributed by atoms with van der Waals surface area (Å²) < 4.78 is 0. The van der Waals surface area contributed by atoms with E-state index >= 15 is 0 Å². The Morgan fingerprint density at radius 2 is 1.56 bits per heavy atom. The molecule has 2 rings (SSSR count). The van der Waals surface area contributed by atoms with Crippen LogP contribution in [0.4, 0.5) is 0 Å². The van der Waals surface area contributed by atoms with E-state index in [9.17, 15) is 0 Å². The zero-order chi connectivity index (χ0) is 13.3. The third-order valence-electron chi connectivity index (χ3n) is 2.39. The van der Waals surface area contributed by atoms with Gasteiger partial charge >= 0.3 is 0 Å². The highest BCUT2D eigenvalue weighted by Crippen LogP contribution is 2.36. The van der Waals surface area contributed by atoms with Crippen molar-refractivity contribution in [2.24, 2.45) is 0 Å². The van der Waals surface area contributed by atoms with Gasteiger partial charge in [0.1, 0.15) is 0 Å². The molecule has 0 spiro atoms. The van der Waals surface area contributed by atoms with Gasteiger partial charge in [-0.3, -0.25) is 4.98 Å². The monoisotopic (exact) mass is 321 g/mol. The smallest absolute Gasteiger partial charge is 0.0868 e. The number of aromatic nitrogens is 1. The fraction of sp³-hybridized carbons (Fsp3) is 0.0833. The van der Waals surface area contributed by atoms with E-state index in [1.165, 1.54) is 0 Å². The lowest BCUT2D eigenvalue weighted by molar-refractivity contribution is 0.277. The molecule has 1 heterocycles. The summed E-state index contributed by atoms with van der Waals surface area (Å²) in [7, 11) is 0. The number of rotatable bonds is 2. The second kappa shape index (κ2) is 5.64. The highest BCUT2D eigenvalue weighted by Gasteiger charge is 2.10. The number of aliphatic hydroxyl groups is 1. The van der Waals surface area contributed by atoms with Gasteiger partial charge in [0.25, 0.3) is 0 Å². The second-order valence-corrected chi connectivity index (χ2v) is 5.19. The van der Waals surface area contributed by atoms with E-state index in [1.807, 2.05) is 0 Å². The average molecular weight is 323 g/mol. The molecule has 0 aliphatic carbocycles. The van der Waals surface area contributed by atoms with E-state index < -0.39 is 0 Å². The lowest BCUT2D eigenvalue weighted by Crippen LogP contribution is -1.91. The van der Waals surface area contributed by atoms with Gasteiger partial charge in [0.05, 0.1) is 32.4 Å². The summed E-state index contributed by atoms with van der Waals surface area (Å²) in [5.41, 5.74) is 1.81. The van der Waals surface area contributed by atoms with Crippen molar-refractivity contribution in [3.05, 3.63) is 50.2 Å². The number of pyridine rings is 1. The van der Waals surface area contributed by atoms with Gasteiger partial charge in [0, 0.05) is 17.3 Å². The van der Waals surface area contributed by atoms with Crippen LogP contribution < -0.4 is 0 Å². The predicted octanol–water partition coefficient (Wildman–Crippen LogP) is 4.85. The van der Waals surface area contributed by atoms with Gasteiger partial charge in [-0.2, -0.15) is 0 Å². The predicted molar refractivity (Wildman–Crippen MR) is 75.6 cm³/mol. The van der Waals surface area contributed by atoms with Crippen LogP contribution in [0, 0.1) is 0 Å². The van der Waals surface area contributed by atoms with Gasteiger partial charge in [0.2, 0.25) is 0 Å². The summed E-state index contributed by atoms with van der Waals surface area (Å²) in [6.45, 7) is -0.214. The highest BCUT2D eigenvalue weighted by molar-refractivity contribution is 6.44. The van der Waals surface area contributed by atoms with Crippen molar-refractivity contribution >= 4 is 46.4 Å². The fourth-order valence-electron chi connectivity index (χ4n) is 1.47. The van der Waals surface area contributed by atoms with Gasteiger partial charge in [-0.25, -0.2) is 0 Å². The van der Waals surface area contributed by atoms with Crippen molar-refractivity contribution in [2.75, 3.05) is 0 Å². The lowest BCUT2D eigenvalue weighted by atomic mass is 10.1. The summed E-state index contributed by atoms with van der Waals surface area (Å²) in [6.07, 6.45) is 1.57. The van der Waals surface area contributed by atoms with E-state index in [4.69, 9.17) is 51.5 Å². The maximum absolute atomic E-state index is 9.00. The molecule has 1 aromatic carbocycles. The van der Waals surface area contributed by atoms with Crippen LogP contribution in [0.3, 0.4) is 0 Å². The number of hydrogen-bond donors (Lipinski definition) is 1. The molecule has 1 aromatic heterocycles. The van der Waals surface area contributed by atoms with Crippen LogP contribution in [0.15, 0.2) is 24.4 Å². The Kier molecular flexibility index (Phi) is 4.36. The first kappa shape index (κ1) is 13.9. The van der Waals surface area contributed by atoms with Crippen LogP contribution in [0.1, 0.15) is 5.69 Å². The number of hydrogen-bond acceptors (Lipinski definition) is 2. The average Bonchev–Trinajstić information content (AvgIpc) is 2.33. The molecule has 6 heteroatoms. The quantitative estimate of drug-likeness (QED) is 0.801. The molecule has 0 saturated carbocycles. The SMILES string of the molecule is OCc1ncc(-c2cc(Cl)c(Cl)cc2Cl)cc1Cl. The summed E-state index contributed by atoms with van der Waals surface area (Å²) in [6, 6.07) is 4.89. The molecule has 0 atom stereocenters. The van der Waals surface area contributed by atoms with E-state index in [0.717, 1.165) is 0 Å². The molecule has 18 heavy (non-hydrogen) atoms. The van der Waals surface area contributed by atoms with Crippen molar-refractivity contribution < 1.29 is 5.11 Å². The minimum Gasteiger partial charge on any atom is -0.390 e. The molecule has 94 valence electrons. The Bertz CT molecular complexity index is 601. The number of aliphatic hydroxyl groups excluding tert-OH is 1. The summed E-state index contributed by atoms with van der Waals surface area (Å²) in [5, 5.41) is 10.6. The van der Waals surface area contributed by atoms with Crippen molar-refractivity contribution in [3.63, 3.8) is 0 Å². The molecule has 0 fully saturated rings. The van der Waals surface area contributed by atoms with E-state index in [2.05, 4.69) is 4.98 Å². The van der Waals surface area contributed by atoms with Gasteiger partial charge in [-0.1, -0.05) is 46.4 Å². The highest BCUT2D eigenvalue weighted by atomic mass is 35.5. The van der Waals surface area contributed by atoms with Crippen molar-refractivity contribution in [1.29, 1.82) is 0 Å². The molecule has 2 nitrogen and oxygen atoms in total. The minimum absolute atomic E-state index is 0.214. The van der Waals surface area contributed by atoms with Gasteiger partial charge in [-0.15, -0.1) is 0 Å². The van der Waals surface area contributed by atoms with Gasteiger partial charge < -0.3 is 5.11 Å². The standard InChI is InChI=1S/C12H7Cl4NO/c13-8-3-10(15)9(14)2-7(8)6-1-11(16)12(5-18)17-4-6/h1-4,18H,5H2. The Labute approximate surface area is 124 Å². The third kappa shape index (κ3) is 2.73. The third-order valence-corrected chi connectivity index (χ3v) is 3.75. The minimum atomic E-state index is -0.214. The molecular formula is C12H7Cl4NO. The van der Waals surface area contributed by atoms with Gasteiger partial charge in [0.15, 0.2) is 0 Å². The molecule has 0 aliphatic rings. The first-order chi connectivity index (χ1) is 8.52. The summed E-state index contributed by atoms with van der Waals surface area (Å²) in [4.78, 5) is 4.05. The molecule has 2 aromatic rings. The molecule has 0 saturated heterocycles. The largest absolute Gasteiger partial charge is 0.390 e. The molecule has 0 amide bonds. The normalized spacial score (nSPS) is 10.7. The van der Waals surface area contributed by atoms with E-state index in [-0.39, 0.29) is 6.61 Å². The maximum atomic E-state index is 9.00. The first-order valence-electron chi connectivity index (χ1n) is 4.93. The molecular weight excluding hydrogens is 316 g/mol. The number of benzene rings is 1. The molecule has 0 radical (unpaired) electrons. The molecule has 1 N–H and O–H groups in total. The van der Waals surface area contributed by atoms with Crippen LogP contribution in [-0.4, -0.2) is 10.1 Å². The lowest BCUT2D eigenvalue weighted by Gasteiger charge is -2.08. The topological polar surface area (TPSA) is 33.1 Å². The fourth-order valence-corrected chi connectivity index (χ4v) is 2.36. The molecule has 0 unspecified atom stereocenters. The van der Waals surface area contributed by atoms with Crippen LogP contribution in [0.25, 0.3) is 11.1 Å². The van der Waals surface area contributed by atoms with Crippen LogP contribution in [-0.2, 0) is 6.61 Å². The Balaban J connectivity index is 2.55. The van der Waals surface area contributed by atoms with Crippen molar-refractivity contribution in [2.45, 2.75) is 6.61 Å². The zero-order valence-corrected chi connectivity index (χ0v) is 11.9. The first-order valence-corrected chi connectivity index (χ1v) is 6.44. The summed E-state index contributed by atoms with van der Waals surface area (Å²) in [5.74, 6) is 0. The Morgan fingerprint density at radius 1 is 0.889 bits per heavy atom. The zero-order valence-electron chi connectivity index (χ0n) is 8.92. The van der Waals surface area contributed by atoms with E-state index in [1.54, 1.807) is 24.4 Å². The van der Waals surface area contributed by atoms with Gasteiger partial charge in [-0.05, 0) is 18.2 Å². The maximum Gasteiger partial charge on any atom is 0.0868 e. The van der Waals surface area contributed by atoms with E-state index in [0.29, 0.717) is 36.9 Å². The number of nitrogens with zero attached hydrogens (tertiary/aromatic N) is 1. The Morgan fingerprint density at radius 3 is 2.17 bits per heavy atom. The molecule has 0 aliphatic heterocycles. The number of halogens is 4. The molecule has 0 bridgehead atoms. The van der Waals surface area contributed by atoms with Crippen molar-refractivity contribution in [1.82, 2.24) is 4.98 Å². The van der Waals surface area contributed by atoms with Crippen LogP contribution >= 0.6 is 46.4 Å². The van der Waals surface area contributed by atoms with Crippen LogP contribution in [0.5, 0.6) is 0 Å². The Hall–Kier alpha value is -0.510. The summed E-state index contributed by atoms with van der Waals surface area (Å²) >= 11 is 23.9. The van der Waals surface area contributed by atoms with Crippen LogP contribution in [0.2, 0.25) is 20.1 Å². The van der Waals surface area contributed by atoms with Crippen molar-refractivity contribution in [3.8, 4) is 11.1 Å².